The maximum absolute atomic E-state index is 5.61. The van der Waals surface area contributed by atoms with Crippen molar-refractivity contribution in [2.24, 2.45) is 11.7 Å². The van der Waals surface area contributed by atoms with Crippen molar-refractivity contribution in [3.05, 3.63) is 11.1 Å². The molecule has 1 rings (SSSR count). The van der Waals surface area contributed by atoms with Crippen LogP contribution in [0.25, 0.3) is 0 Å². The molecule has 0 radical (unpaired) electrons. The molecule has 92 valence electrons. The number of hydrogen-bond acceptors (Lipinski definition) is 4. The Bertz CT molecular complexity index is 294. The summed E-state index contributed by atoms with van der Waals surface area (Å²) in [4.78, 5) is 7.97. The molecule has 2 N–H and O–H groups in total. The van der Waals surface area contributed by atoms with Crippen molar-refractivity contribution >= 4 is 16.5 Å². The van der Waals surface area contributed by atoms with E-state index in [1.165, 1.54) is 12.8 Å². The lowest BCUT2D eigenvalue weighted by Crippen LogP contribution is -2.28. The summed E-state index contributed by atoms with van der Waals surface area (Å²) in [5.74, 6) is 0.769. The molecule has 4 heteroatoms. The van der Waals surface area contributed by atoms with E-state index >= 15 is 0 Å². The molecule has 0 saturated carbocycles. The summed E-state index contributed by atoms with van der Waals surface area (Å²) in [6.07, 6.45) is 4.37. The number of aromatic nitrogens is 1. The number of nitrogens with two attached hydrogens (primary N) is 1. The fourth-order valence-corrected chi connectivity index (χ4v) is 2.60. The second-order valence-corrected chi connectivity index (χ2v) is 5.13. The average Bonchev–Trinajstić information content (AvgIpc) is 2.79. The molecule has 3 nitrogen and oxygen atoms in total. The van der Waals surface area contributed by atoms with Crippen LogP contribution in [0.15, 0.2) is 6.20 Å². The summed E-state index contributed by atoms with van der Waals surface area (Å²) in [7, 11) is 0. The summed E-state index contributed by atoms with van der Waals surface area (Å²) in [5.41, 5.74) is 5.61. The Morgan fingerprint density at radius 3 is 2.50 bits per heavy atom. The molecule has 0 aliphatic carbocycles. The molecule has 0 aliphatic heterocycles. The minimum absolute atomic E-state index is 0.597. The van der Waals surface area contributed by atoms with Gasteiger partial charge in [0.05, 0.1) is 0 Å². The minimum atomic E-state index is 0.597. The van der Waals surface area contributed by atoms with Crippen LogP contribution < -0.4 is 10.6 Å². The van der Waals surface area contributed by atoms with Crippen LogP contribution in [0, 0.1) is 5.92 Å². The maximum atomic E-state index is 5.61. The fourth-order valence-electron chi connectivity index (χ4n) is 1.74. The highest BCUT2D eigenvalue weighted by molar-refractivity contribution is 7.15. The molecule has 0 atom stereocenters. The van der Waals surface area contributed by atoms with E-state index in [9.17, 15) is 0 Å². The van der Waals surface area contributed by atoms with Crippen molar-refractivity contribution in [1.82, 2.24) is 4.98 Å². The highest BCUT2D eigenvalue weighted by Gasteiger charge is 2.13. The number of anilines is 1. The van der Waals surface area contributed by atoms with Crippen molar-refractivity contribution in [3.8, 4) is 0 Å². The van der Waals surface area contributed by atoms with Crippen molar-refractivity contribution < 1.29 is 0 Å². The number of thiazole rings is 1. The normalized spacial score (nSPS) is 11.1. The van der Waals surface area contributed by atoms with Gasteiger partial charge in [0.1, 0.15) is 0 Å². The van der Waals surface area contributed by atoms with Gasteiger partial charge in [0.15, 0.2) is 5.13 Å². The van der Waals surface area contributed by atoms with Crippen LogP contribution in [-0.2, 0) is 6.54 Å². The summed E-state index contributed by atoms with van der Waals surface area (Å²) in [6.45, 7) is 9.44. The summed E-state index contributed by atoms with van der Waals surface area (Å²) >= 11 is 1.72. The van der Waals surface area contributed by atoms with Crippen LogP contribution in [-0.4, -0.2) is 18.1 Å². The summed E-state index contributed by atoms with van der Waals surface area (Å²) < 4.78 is 0. The third kappa shape index (κ3) is 3.46. The van der Waals surface area contributed by atoms with Crippen molar-refractivity contribution in [3.63, 3.8) is 0 Å². The van der Waals surface area contributed by atoms with Crippen LogP contribution in [0.5, 0.6) is 0 Å². The Morgan fingerprint density at radius 1 is 1.38 bits per heavy atom. The van der Waals surface area contributed by atoms with Crippen LogP contribution in [0.3, 0.4) is 0 Å². The van der Waals surface area contributed by atoms with Crippen molar-refractivity contribution in [2.75, 3.05) is 18.0 Å². The molecule has 0 spiro atoms. The fraction of sp³-hybridized carbons (Fsp3) is 0.750. The van der Waals surface area contributed by atoms with E-state index in [0.717, 1.165) is 29.0 Å². The van der Waals surface area contributed by atoms with Crippen LogP contribution in [0.4, 0.5) is 5.13 Å². The average molecular weight is 241 g/mol. The zero-order valence-electron chi connectivity index (χ0n) is 10.6. The Morgan fingerprint density at radius 2 is 2.06 bits per heavy atom. The Labute approximate surface area is 103 Å². The topological polar surface area (TPSA) is 42.2 Å². The molecule has 0 aliphatic rings. The smallest absolute Gasteiger partial charge is 0.185 e. The second kappa shape index (κ2) is 6.86. The lowest BCUT2D eigenvalue weighted by Gasteiger charge is -2.24. The third-order valence-electron chi connectivity index (χ3n) is 3.03. The van der Waals surface area contributed by atoms with Gasteiger partial charge in [-0.2, -0.15) is 0 Å². The molecule has 0 fully saturated rings. The quantitative estimate of drug-likeness (QED) is 0.798. The first kappa shape index (κ1) is 13.5. The van der Waals surface area contributed by atoms with Crippen LogP contribution >= 0.6 is 11.3 Å². The van der Waals surface area contributed by atoms with Gasteiger partial charge in [-0.3, -0.25) is 0 Å². The first-order valence-electron chi connectivity index (χ1n) is 6.14. The maximum Gasteiger partial charge on any atom is 0.185 e. The van der Waals surface area contributed by atoms with Gasteiger partial charge in [-0.05, 0) is 12.8 Å². The van der Waals surface area contributed by atoms with Gasteiger partial charge in [-0.1, -0.05) is 26.7 Å². The summed E-state index contributed by atoms with van der Waals surface area (Å²) in [5, 5.41) is 1.12. The van der Waals surface area contributed by atoms with Gasteiger partial charge >= 0.3 is 0 Å². The predicted octanol–water partition coefficient (Wildman–Crippen LogP) is 2.86. The lowest BCUT2D eigenvalue weighted by atomic mass is 10.0. The minimum Gasteiger partial charge on any atom is -0.348 e. The highest BCUT2D eigenvalue weighted by atomic mass is 32.1. The second-order valence-electron chi connectivity index (χ2n) is 4.03. The van der Waals surface area contributed by atoms with E-state index in [0.29, 0.717) is 6.54 Å². The summed E-state index contributed by atoms with van der Waals surface area (Å²) in [6, 6.07) is 0. The lowest BCUT2D eigenvalue weighted by molar-refractivity contribution is 0.486. The van der Waals surface area contributed by atoms with Gasteiger partial charge < -0.3 is 10.6 Å². The first-order valence-corrected chi connectivity index (χ1v) is 6.96. The molecule has 0 saturated heterocycles. The Balaban J connectivity index is 2.66. The number of hydrogen-bond donors (Lipinski definition) is 1. The molecule has 0 amide bonds. The van der Waals surface area contributed by atoms with Crippen molar-refractivity contribution in [1.29, 1.82) is 0 Å². The van der Waals surface area contributed by atoms with E-state index in [-0.39, 0.29) is 0 Å². The molecule has 0 aromatic carbocycles. The SMILES string of the molecule is CCC(CC)CN(CC)c1ncc(CN)s1. The standard InChI is InChI=1S/C12H23N3S/c1-4-10(5-2)9-15(6-3)12-14-8-11(7-13)16-12/h8,10H,4-7,9,13H2,1-3H3. The van der Waals surface area contributed by atoms with E-state index in [1.54, 1.807) is 11.3 Å². The first-order chi connectivity index (χ1) is 7.74. The van der Waals surface area contributed by atoms with Gasteiger partial charge in [0.25, 0.3) is 0 Å². The molecule has 0 bridgehead atoms. The number of rotatable bonds is 7. The van der Waals surface area contributed by atoms with E-state index < -0.39 is 0 Å². The monoisotopic (exact) mass is 241 g/mol. The molecule has 1 aromatic rings. The van der Waals surface area contributed by atoms with Gasteiger partial charge in [-0.15, -0.1) is 11.3 Å². The Hall–Kier alpha value is -0.610. The molecule has 0 unspecified atom stereocenters. The van der Waals surface area contributed by atoms with Crippen LogP contribution in [0.2, 0.25) is 0 Å². The van der Waals surface area contributed by atoms with Gasteiger partial charge in [-0.25, -0.2) is 4.98 Å². The third-order valence-corrected chi connectivity index (χ3v) is 4.11. The van der Waals surface area contributed by atoms with Gasteiger partial charge in [0.2, 0.25) is 0 Å². The Kier molecular flexibility index (Phi) is 5.77. The largest absolute Gasteiger partial charge is 0.348 e. The predicted molar refractivity (Wildman–Crippen MR) is 72.0 cm³/mol. The zero-order chi connectivity index (χ0) is 12.0. The van der Waals surface area contributed by atoms with Crippen molar-refractivity contribution in [2.45, 2.75) is 40.2 Å². The molecular weight excluding hydrogens is 218 g/mol. The molecule has 16 heavy (non-hydrogen) atoms. The van der Waals surface area contributed by atoms with E-state index in [1.807, 2.05) is 6.20 Å². The van der Waals surface area contributed by atoms with E-state index in [2.05, 4.69) is 30.7 Å². The molecular formula is C12H23N3S. The van der Waals surface area contributed by atoms with Crippen LogP contribution in [0.1, 0.15) is 38.5 Å². The van der Waals surface area contributed by atoms with Gasteiger partial charge in [0, 0.05) is 30.7 Å². The molecule has 1 heterocycles. The zero-order valence-corrected chi connectivity index (χ0v) is 11.4. The highest BCUT2D eigenvalue weighted by Crippen LogP contribution is 2.23. The molecule has 1 aromatic heterocycles. The van der Waals surface area contributed by atoms with E-state index in [4.69, 9.17) is 5.73 Å². The number of nitrogens with zero attached hydrogens (tertiary/aromatic N) is 2.